The first kappa shape index (κ1) is 14.8. The third kappa shape index (κ3) is 3.48. The number of hydrogen-bond donors (Lipinski definition) is 2. The molecule has 0 radical (unpaired) electrons. The number of ether oxygens (including phenoxy) is 1. The second-order valence-corrected chi connectivity index (χ2v) is 6.31. The Morgan fingerprint density at radius 2 is 1.90 bits per heavy atom. The average molecular weight is 280 g/mol. The Balaban J connectivity index is 2.04. The molecule has 1 amide bonds. The molecular weight excluding hydrogens is 259 g/mol. The first-order valence-electron chi connectivity index (χ1n) is 6.74. The van der Waals surface area contributed by atoms with Crippen LogP contribution in [0.3, 0.4) is 0 Å². The molecule has 1 unspecified atom stereocenters. The van der Waals surface area contributed by atoms with E-state index in [1.54, 1.807) is 12.1 Å². The second kappa shape index (κ2) is 5.05. The van der Waals surface area contributed by atoms with Gasteiger partial charge in [-0.15, -0.1) is 0 Å². The molecule has 0 bridgehead atoms. The van der Waals surface area contributed by atoms with Crippen LogP contribution in [0.15, 0.2) is 24.3 Å². The normalized spacial score (nSPS) is 18.2. The van der Waals surface area contributed by atoms with Crippen molar-refractivity contribution in [2.24, 2.45) is 5.73 Å². The molecule has 1 saturated carbocycles. The van der Waals surface area contributed by atoms with E-state index in [0.717, 1.165) is 18.4 Å². The molecule has 1 atom stereocenters. The van der Waals surface area contributed by atoms with Crippen LogP contribution in [-0.4, -0.2) is 17.2 Å². The highest BCUT2D eigenvalue weighted by Crippen LogP contribution is 2.44. The Kier molecular flexibility index (Phi) is 3.73. The van der Waals surface area contributed by atoms with Gasteiger partial charge in [-0.1, -0.05) is 12.1 Å². The fraction of sp³-hybridized carbons (Fsp3) is 0.533. The van der Waals surface area contributed by atoms with Gasteiger partial charge in [0.05, 0.1) is 11.6 Å². The van der Waals surface area contributed by atoms with Gasteiger partial charge >= 0.3 is 6.09 Å². The second-order valence-electron chi connectivity index (χ2n) is 6.31. The first-order chi connectivity index (χ1) is 9.22. The zero-order valence-corrected chi connectivity index (χ0v) is 12.1. The van der Waals surface area contributed by atoms with Gasteiger partial charge in [-0.2, -0.15) is 0 Å². The van der Waals surface area contributed by atoms with E-state index in [-0.39, 0.29) is 11.9 Å². The van der Waals surface area contributed by atoms with Crippen molar-refractivity contribution in [1.82, 2.24) is 5.32 Å². The van der Waals surface area contributed by atoms with Gasteiger partial charge < -0.3 is 15.8 Å². The molecule has 1 aromatic rings. The Hall–Kier alpha value is -1.62. The van der Waals surface area contributed by atoms with Gasteiger partial charge in [0, 0.05) is 0 Å². The van der Waals surface area contributed by atoms with Crippen LogP contribution in [0.4, 0.5) is 9.18 Å². The van der Waals surface area contributed by atoms with Gasteiger partial charge in [-0.3, -0.25) is 0 Å². The number of carbonyl (C=O) groups is 1. The quantitative estimate of drug-likeness (QED) is 0.894. The molecule has 4 nitrogen and oxygen atoms in total. The van der Waals surface area contributed by atoms with Crippen LogP contribution >= 0.6 is 0 Å². The lowest BCUT2D eigenvalue weighted by Crippen LogP contribution is -2.46. The van der Waals surface area contributed by atoms with Gasteiger partial charge in [0.15, 0.2) is 0 Å². The van der Waals surface area contributed by atoms with Crippen molar-refractivity contribution in [2.75, 3.05) is 0 Å². The molecule has 0 aliphatic heterocycles. The van der Waals surface area contributed by atoms with Gasteiger partial charge in [0.2, 0.25) is 0 Å². The third-order valence-corrected chi connectivity index (χ3v) is 3.36. The van der Waals surface area contributed by atoms with Crippen molar-refractivity contribution in [2.45, 2.75) is 50.8 Å². The third-order valence-electron chi connectivity index (χ3n) is 3.36. The van der Waals surface area contributed by atoms with E-state index in [1.165, 1.54) is 12.1 Å². The highest BCUT2D eigenvalue weighted by molar-refractivity contribution is 5.69. The first-order valence-corrected chi connectivity index (χ1v) is 6.74. The van der Waals surface area contributed by atoms with E-state index in [0.29, 0.717) is 0 Å². The summed E-state index contributed by atoms with van der Waals surface area (Å²) in [5.41, 5.74) is 6.00. The zero-order chi connectivity index (χ0) is 15.0. The Labute approximate surface area is 118 Å². The maximum absolute atomic E-state index is 12.9. The zero-order valence-electron chi connectivity index (χ0n) is 12.1. The van der Waals surface area contributed by atoms with E-state index >= 15 is 0 Å². The molecule has 1 aromatic carbocycles. The monoisotopic (exact) mass is 280 g/mol. The number of benzene rings is 1. The van der Waals surface area contributed by atoms with Crippen molar-refractivity contribution in [1.29, 1.82) is 0 Å². The number of hydrogen-bond acceptors (Lipinski definition) is 3. The fourth-order valence-electron chi connectivity index (χ4n) is 2.14. The number of alkyl carbamates (subject to hydrolysis) is 1. The summed E-state index contributed by atoms with van der Waals surface area (Å²) in [7, 11) is 0. The minimum atomic E-state index is -0.542. The maximum atomic E-state index is 12.9. The predicted octanol–water partition coefficient (Wildman–Crippen LogP) is 2.88. The van der Waals surface area contributed by atoms with Crippen molar-refractivity contribution < 1.29 is 13.9 Å². The van der Waals surface area contributed by atoms with Crippen LogP contribution in [0.25, 0.3) is 0 Å². The molecule has 20 heavy (non-hydrogen) atoms. The molecule has 0 aromatic heterocycles. The van der Waals surface area contributed by atoms with Crippen LogP contribution in [0.2, 0.25) is 0 Å². The predicted molar refractivity (Wildman–Crippen MR) is 74.7 cm³/mol. The van der Waals surface area contributed by atoms with Crippen LogP contribution in [-0.2, 0) is 4.74 Å². The molecule has 110 valence electrons. The summed E-state index contributed by atoms with van der Waals surface area (Å²) in [4.78, 5) is 11.9. The molecule has 0 saturated heterocycles. The highest BCUT2D eigenvalue weighted by Gasteiger charge is 2.50. The van der Waals surface area contributed by atoms with E-state index in [1.807, 2.05) is 20.8 Å². The van der Waals surface area contributed by atoms with Gasteiger partial charge in [-0.05, 0) is 51.3 Å². The van der Waals surface area contributed by atoms with E-state index in [9.17, 15) is 9.18 Å². The molecule has 3 N–H and O–H groups in total. The summed E-state index contributed by atoms with van der Waals surface area (Å²) in [6.45, 7) is 5.43. The van der Waals surface area contributed by atoms with Gasteiger partial charge in [-0.25, -0.2) is 9.18 Å². The minimum absolute atomic E-state index is 0.300. The lowest BCUT2D eigenvalue weighted by atomic mass is 9.98. The molecule has 1 aliphatic rings. The Bertz CT molecular complexity index is 490. The van der Waals surface area contributed by atoms with E-state index < -0.39 is 17.2 Å². The van der Waals surface area contributed by atoms with Crippen molar-refractivity contribution in [3.05, 3.63) is 35.6 Å². The lowest BCUT2D eigenvalue weighted by Gasteiger charge is -2.27. The van der Waals surface area contributed by atoms with Crippen LogP contribution < -0.4 is 11.1 Å². The van der Waals surface area contributed by atoms with Gasteiger partial charge in [0.1, 0.15) is 11.4 Å². The summed E-state index contributed by atoms with van der Waals surface area (Å²) in [5.74, 6) is -0.300. The maximum Gasteiger partial charge on any atom is 0.408 e. The summed E-state index contributed by atoms with van der Waals surface area (Å²) >= 11 is 0. The summed E-state index contributed by atoms with van der Waals surface area (Å²) in [6, 6.07) is 5.68. The van der Waals surface area contributed by atoms with Crippen molar-refractivity contribution in [3.8, 4) is 0 Å². The lowest BCUT2D eigenvalue weighted by molar-refractivity contribution is 0.0487. The summed E-state index contributed by atoms with van der Waals surface area (Å²) in [6.07, 6.45) is 1.13. The SMILES string of the molecule is CC(C)(C)OC(=O)NC1(C(N)c2ccc(F)cc2)CC1. The molecular formula is C15H21FN2O2. The molecule has 1 fully saturated rings. The average Bonchev–Trinajstić information content (AvgIpc) is 3.07. The molecule has 5 heteroatoms. The number of halogens is 1. The molecule has 0 spiro atoms. The Morgan fingerprint density at radius 1 is 1.35 bits per heavy atom. The van der Waals surface area contributed by atoms with Crippen LogP contribution in [0.1, 0.15) is 45.2 Å². The van der Waals surface area contributed by atoms with Crippen LogP contribution in [0, 0.1) is 5.82 Å². The number of carbonyl (C=O) groups excluding carboxylic acids is 1. The van der Waals surface area contributed by atoms with E-state index in [4.69, 9.17) is 10.5 Å². The topological polar surface area (TPSA) is 64.3 Å². The fourth-order valence-corrected chi connectivity index (χ4v) is 2.14. The summed E-state index contributed by atoms with van der Waals surface area (Å²) < 4.78 is 18.2. The van der Waals surface area contributed by atoms with E-state index in [2.05, 4.69) is 5.32 Å². The van der Waals surface area contributed by atoms with Crippen molar-refractivity contribution in [3.63, 3.8) is 0 Å². The standard InChI is InChI=1S/C15H21FN2O2/c1-14(2,3)20-13(19)18-15(8-9-15)12(17)10-4-6-11(16)7-5-10/h4-7,12H,8-9,17H2,1-3H3,(H,18,19). The number of nitrogens with one attached hydrogen (secondary N) is 1. The largest absolute Gasteiger partial charge is 0.444 e. The molecule has 1 aliphatic carbocycles. The highest BCUT2D eigenvalue weighted by atomic mass is 19.1. The Morgan fingerprint density at radius 3 is 2.35 bits per heavy atom. The molecule has 0 heterocycles. The minimum Gasteiger partial charge on any atom is -0.444 e. The van der Waals surface area contributed by atoms with Crippen molar-refractivity contribution >= 4 is 6.09 Å². The van der Waals surface area contributed by atoms with Crippen LogP contribution in [0.5, 0.6) is 0 Å². The number of rotatable bonds is 3. The number of amides is 1. The number of nitrogens with two attached hydrogens (primary N) is 1. The smallest absolute Gasteiger partial charge is 0.408 e. The molecule has 2 rings (SSSR count). The summed E-state index contributed by atoms with van der Waals surface area (Å²) in [5, 5.41) is 2.86. The van der Waals surface area contributed by atoms with Gasteiger partial charge in [0.25, 0.3) is 0 Å².